The Labute approximate surface area is 164 Å². The topological polar surface area (TPSA) is 43.4 Å². The van der Waals surface area contributed by atoms with Crippen molar-refractivity contribution in [3.63, 3.8) is 0 Å². The summed E-state index contributed by atoms with van der Waals surface area (Å²) in [7, 11) is 0. The van der Waals surface area contributed by atoms with Crippen LogP contribution >= 0.6 is 0 Å². The molecule has 2 rings (SSSR count). The van der Waals surface area contributed by atoms with Gasteiger partial charge in [-0.15, -0.1) is 0 Å². The van der Waals surface area contributed by atoms with Gasteiger partial charge in [0, 0.05) is 17.6 Å². The van der Waals surface area contributed by atoms with Gasteiger partial charge < -0.3 is 4.74 Å². The van der Waals surface area contributed by atoms with Gasteiger partial charge >= 0.3 is 12.1 Å². The zero-order valence-electron chi connectivity index (χ0n) is 16.6. The van der Waals surface area contributed by atoms with Gasteiger partial charge in [0.15, 0.2) is 5.78 Å². The molecular weight excluding hydrogens is 369 g/mol. The molecule has 0 saturated heterocycles. The van der Waals surface area contributed by atoms with Crippen molar-refractivity contribution in [2.45, 2.75) is 77.5 Å². The van der Waals surface area contributed by atoms with Crippen molar-refractivity contribution in [1.82, 2.24) is 0 Å². The van der Waals surface area contributed by atoms with E-state index in [9.17, 15) is 22.8 Å². The maximum Gasteiger partial charge on any atom is 0.416 e. The lowest BCUT2D eigenvalue weighted by molar-refractivity contribution is -0.148. The van der Waals surface area contributed by atoms with Gasteiger partial charge in [0.25, 0.3) is 0 Å². The smallest absolute Gasteiger partial charge is 0.416 e. The molecule has 0 N–H and O–H groups in total. The molecule has 3 nitrogen and oxygen atoms in total. The van der Waals surface area contributed by atoms with Gasteiger partial charge in [0.1, 0.15) is 5.60 Å². The number of carbonyl (C=O) groups is 2. The minimum atomic E-state index is -4.35. The fourth-order valence-corrected chi connectivity index (χ4v) is 3.94. The van der Waals surface area contributed by atoms with Crippen LogP contribution in [0.1, 0.15) is 70.4 Å². The number of hydrogen-bond acceptors (Lipinski definition) is 3. The summed E-state index contributed by atoms with van der Waals surface area (Å²) < 4.78 is 43.5. The molecule has 0 saturated carbocycles. The fourth-order valence-electron chi connectivity index (χ4n) is 3.94. The number of aryl methyl sites for hydroxylation is 1. The first-order chi connectivity index (χ1) is 13.1. The highest BCUT2D eigenvalue weighted by Crippen LogP contribution is 2.41. The summed E-state index contributed by atoms with van der Waals surface area (Å²) in [6, 6.07) is 5.00. The second-order valence-electron chi connectivity index (χ2n) is 7.36. The lowest BCUT2D eigenvalue weighted by Crippen LogP contribution is -2.35. The molecule has 1 aliphatic rings. The van der Waals surface area contributed by atoms with Crippen LogP contribution in [0.2, 0.25) is 0 Å². The summed E-state index contributed by atoms with van der Waals surface area (Å²) in [5.41, 5.74) is 0.128. The minimum absolute atomic E-state index is 0.0999. The molecule has 1 aromatic carbocycles. The van der Waals surface area contributed by atoms with Crippen molar-refractivity contribution in [2.75, 3.05) is 0 Å². The molecular formula is C22H27F3O3. The lowest BCUT2D eigenvalue weighted by Gasteiger charge is -2.30. The molecule has 1 aromatic rings. The van der Waals surface area contributed by atoms with E-state index < -0.39 is 23.3 Å². The van der Waals surface area contributed by atoms with Crippen LogP contribution in [-0.2, 0) is 26.9 Å². The molecule has 0 unspecified atom stereocenters. The Hall–Kier alpha value is -2.11. The Morgan fingerprint density at radius 3 is 2.14 bits per heavy atom. The van der Waals surface area contributed by atoms with Gasteiger partial charge in [0.05, 0.1) is 5.56 Å². The van der Waals surface area contributed by atoms with Crippen LogP contribution in [0.5, 0.6) is 0 Å². The largest absolute Gasteiger partial charge is 0.451 e. The van der Waals surface area contributed by atoms with Crippen LogP contribution < -0.4 is 0 Å². The molecule has 0 amide bonds. The highest BCUT2D eigenvalue weighted by Gasteiger charge is 2.47. The minimum Gasteiger partial charge on any atom is -0.451 e. The number of Topliss-reactive ketones (excluding diaryl/α,β-unsaturated/α-hetero) is 1. The molecule has 6 heteroatoms. The number of hydrogen-bond donors (Lipinski definition) is 0. The van der Waals surface area contributed by atoms with Crippen molar-refractivity contribution in [2.24, 2.45) is 0 Å². The summed E-state index contributed by atoms with van der Waals surface area (Å²) in [5.74, 6) is -0.523. The molecule has 28 heavy (non-hydrogen) atoms. The summed E-state index contributed by atoms with van der Waals surface area (Å²) in [5, 5.41) is 0. The van der Waals surface area contributed by atoms with Crippen LogP contribution in [-0.4, -0.2) is 17.4 Å². The predicted octanol–water partition coefficient (Wildman–Crippen LogP) is 5.81. The van der Waals surface area contributed by atoms with Crippen molar-refractivity contribution in [1.29, 1.82) is 0 Å². The number of alkyl halides is 3. The van der Waals surface area contributed by atoms with Crippen LogP contribution in [0, 0.1) is 0 Å². The number of carbonyl (C=O) groups excluding carboxylic acids is 2. The van der Waals surface area contributed by atoms with Gasteiger partial charge in [-0.25, -0.2) is 4.79 Å². The van der Waals surface area contributed by atoms with E-state index in [2.05, 4.69) is 0 Å². The molecule has 0 atom stereocenters. The van der Waals surface area contributed by atoms with Gasteiger partial charge in [-0.3, -0.25) is 4.79 Å². The van der Waals surface area contributed by atoms with Crippen LogP contribution in [0.4, 0.5) is 13.2 Å². The number of esters is 1. The Morgan fingerprint density at radius 2 is 1.64 bits per heavy atom. The molecule has 0 spiro atoms. The molecule has 0 radical (unpaired) electrons. The maximum atomic E-state index is 12.9. The van der Waals surface area contributed by atoms with Crippen molar-refractivity contribution in [3.8, 4) is 0 Å². The van der Waals surface area contributed by atoms with Gasteiger partial charge in [-0.2, -0.15) is 13.2 Å². The molecule has 0 aromatic heterocycles. The predicted molar refractivity (Wildman–Crippen MR) is 101 cm³/mol. The first-order valence-electron chi connectivity index (χ1n) is 9.78. The first kappa shape index (κ1) is 22.2. The Bertz CT molecular complexity index is 739. The standard InChI is InChI=1S/C22H27F3O3/c1-4-13-21(14-5-2)19(15(3)20(27)28-21)18(26)8-6-7-16-9-11-17(12-10-16)22(23,24)25/h9-12H,4-8,13-14H2,1-3H3. The molecule has 0 fully saturated rings. The van der Waals surface area contributed by atoms with E-state index in [0.29, 0.717) is 36.8 Å². The SMILES string of the molecule is CCCC1(CCC)OC(=O)C(C)=C1C(=O)CCCc1ccc(C(F)(F)F)cc1. The first-order valence-corrected chi connectivity index (χ1v) is 9.78. The Balaban J connectivity index is 2.05. The number of ether oxygens (including phenoxy) is 1. The van der Waals surface area contributed by atoms with E-state index in [4.69, 9.17) is 4.74 Å². The highest BCUT2D eigenvalue weighted by atomic mass is 19.4. The van der Waals surface area contributed by atoms with E-state index in [-0.39, 0.29) is 12.2 Å². The Morgan fingerprint density at radius 1 is 1.07 bits per heavy atom. The van der Waals surface area contributed by atoms with Crippen molar-refractivity contribution in [3.05, 3.63) is 46.5 Å². The highest BCUT2D eigenvalue weighted by molar-refractivity contribution is 6.08. The van der Waals surface area contributed by atoms with E-state index in [0.717, 1.165) is 30.5 Å². The second kappa shape index (κ2) is 8.93. The van der Waals surface area contributed by atoms with E-state index >= 15 is 0 Å². The number of ketones is 1. The zero-order valence-corrected chi connectivity index (χ0v) is 16.6. The number of rotatable bonds is 9. The van der Waals surface area contributed by atoms with Crippen LogP contribution in [0.15, 0.2) is 35.4 Å². The zero-order chi connectivity index (χ0) is 20.9. The lowest BCUT2D eigenvalue weighted by atomic mass is 9.81. The summed E-state index contributed by atoms with van der Waals surface area (Å²) in [6.45, 7) is 5.62. The fraction of sp³-hybridized carbons (Fsp3) is 0.545. The van der Waals surface area contributed by atoms with Gasteiger partial charge in [0.2, 0.25) is 0 Å². The number of cyclic esters (lactones) is 1. The quantitative estimate of drug-likeness (QED) is 0.495. The summed E-state index contributed by atoms with van der Waals surface area (Å²) in [6.07, 6.45) is -0.294. The molecule has 1 aliphatic heterocycles. The van der Waals surface area contributed by atoms with Gasteiger partial charge in [-0.05, 0) is 50.3 Å². The average Bonchev–Trinajstić information content (AvgIpc) is 2.85. The molecule has 0 aliphatic carbocycles. The van der Waals surface area contributed by atoms with Crippen molar-refractivity contribution < 1.29 is 27.5 Å². The third-order valence-corrected chi connectivity index (χ3v) is 5.16. The van der Waals surface area contributed by atoms with Gasteiger partial charge in [-0.1, -0.05) is 38.8 Å². The second-order valence-corrected chi connectivity index (χ2v) is 7.36. The summed E-state index contributed by atoms with van der Waals surface area (Å²) in [4.78, 5) is 25.0. The Kier molecular flexibility index (Phi) is 7.07. The summed E-state index contributed by atoms with van der Waals surface area (Å²) >= 11 is 0. The number of benzene rings is 1. The number of halogens is 3. The van der Waals surface area contributed by atoms with E-state index in [1.807, 2.05) is 13.8 Å². The normalized spacial score (nSPS) is 16.4. The van der Waals surface area contributed by atoms with Crippen LogP contribution in [0.3, 0.4) is 0 Å². The van der Waals surface area contributed by atoms with Crippen molar-refractivity contribution >= 4 is 11.8 Å². The average molecular weight is 396 g/mol. The molecule has 154 valence electrons. The third-order valence-electron chi connectivity index (χ3n) is 5.16. The molecule has 1 heterocycles. The van der Waals surface area contributed by atoms with E-state index in [1.165, 1.54) is 12.1 Å². The monoisotopic (exact) mass is 396 g/mol. The van der Waals surface area contributed by atoms with E-state index in [1.54, 1.807) is 6.92 Å². The molecule has 0 bridgehead atoms. The third kappa shape index (κ3) is 4.83. The maximum absolute atomic E-state index is 12.9. The van der Waals surface area contributed by atoms with Crippen LogP contribution in [0.25, 0.3) is 0 Å².